The summed E-state index contributed by atoms with van der Waals surface area (Å²) in [6.07, 6.45) is 10.2. The molecule has 9 atom stereocenters. The maximum Gasteiger partial charge on any atom is 0.0726 e. The summed E-state index contributed by atoms with van der Waals surface area (Å²) < 4.78 is 6.65. The van der Waals surface area contributed by atoms with E-state index in [1.165, 1.54) is 50.5 Å². The van der Waals surface area contributed by atoms with E-state index >= 15 is 0 Å². The summed E-state index contributed by atoms with van der Waals surface area (Å²) in [6, 6.07) is 2.19. The summed E-state index contributed by atoms with van der Waals surface area (Å²) >= 11 is 0. The van der Waals surface area contributed by atoms with E-state index < -0.39 is 6.10 Å². The van der Waals surface area contributed by atoms with Gasteiger partial charge in [0.05, 0.1) is 31.3 Å². The fourth-order valence-electron chi connectivity index (χ4n) is 10.2. The third-order valence-corrected chi connectivity index (χ3v) is 12.7. The highest BCUT2D eigenvalue weighted by molar-refractivity contribution is 5.26. The van der Waals surface area contributed by atoms with Gasteiger partial charge in [0.1, 0.15) is 0 Å². The molecule has 4 aliphatic carbocycles. The summed E-state index contributed by atoms with van der Waals surface area (Å²) in [5, 5.41) is 20.0. The van der Waals surface area contributed by atoms with Crippen molar-refractivity contribution in [2.45, 2.75) is 112 Å². The second-order valence-corrected chi connectivity index (χ2v) is 14.5. The first kappa shape index (κ1) is 23.9. The van der Waals surface area contributed by atoms with Crippen molar-refractivity contribution in [3.05, 3.63) is 12.2 Å². The lowest BCUT2D eigenvalue weighted by molar-refractivity contribution is -0.189. The predicted octanol–water partition coefficient (Wildman–Crippen LogP) is 6.91. The predicted molar refractivity (Wildman–Crippen MR) is 132 cm³/mol. The van der Waals surface area contributed by atoms with Gasteiger partial charge in [0.2, 0.25) is 0 Å². The number of nitriles is 1. The Morgan fingerprint density at radius 1 is 1.06 bits per heavy atom. The standard InChI is InChI=1S/C30H47NO2/c1-19-20(27(4,5)23(32)11-17-31)10-12-28(6)21(19)8-9-22-24-25-26(2,3)13-15-30(24,18-33-25)16-14-29(22,28)7/h20-25,32H,1,8-16,18H2,2-7H3/t20-,21-,22-,23+,24+,25-,28-,29-,30-/m1/s1. The molecular formula is C30H47NO2. The summed E-state index contributed by atoms with van der Waals surface area (Å²) in [5.41, 5.74) is 2.39. The van der Waals surface area contributed by atoms with Gasteiger partial charge < -0.3 is 9.84 Å². The van der Waals surface area contributed by atoms with E-state index in [4.69, 9.17) is 11.3 Å². The molecule has 184 valence electrons. The molecule has 33 heavy (non-hydrogen) atoms. The van der Waals surface area contributed by atoms with Crippen LogP contribution in [0.25, 0.3) is 0 Å². The first-order valence-corrected chi connectivity index (χ1v) is 13.7. The minimum Gasteiger partial charge on any atom is -0.391 e. The van der Waals surface area contributed by atoms with Crippen LogP contribution in [0.15, 0.2) is 12.2 Å². The Labute approximate surface area is 202 Å². The number of hydrogen-bond donors (Lipinski definition) is 1. The van der Waals surface area contributed by atoms with Crippen LogP contribution in [0.3, 0.4) is 0 Å². The minimum absolute atomic E-state index is 0.208. The van der Waals surface area contributed by atoms with Gasteiger partial charge in [-0.15, -0.1) is 0 Å². The molecule has 0 aromatic rings. The smallest absolute Gasteiger partial charge is 0.0726 e. The van der Waals surface area contributed by atoms with Crippen LogP contribution in [0.5, 0.6) is 0 Å². The average molecular weight is 454 g/mol. The van der Waals surface area contributed by atoms with E-state index in [0.717, 1.165) is 24.9 Å². The highest BCUT2D eigenvalue weighted by atomic mass is 16.5. The fraction of sp³-hybridized carbons (Fsp3) is 0.900. The molecule has 0 amide bonds. The highest BCUT2D eigenvalue weighted by Crippen LogP contribution is 2.75. The molecule has 3 nitrogen and oxygen atoms in total. The number of aliphatic hydroxyl groups excluding tert-OH is 1. The quantitative estimate of drug-likeness (QED) is 0.472. The van der Waals surface area contributed by atoms with Gasteiger partial charge in [-0.25, -0.2) is 0 Å². The normalized spacial score (nSPS) is 49.4. The average Bonchev–Trinajstić information content (AvgIpc) is 3.08. The van der Waals surface area contributed by atoms with Crippen molar-refractivity contribution >= 4 is 0 Å². The van der Waals surface area contributed by atoms with Crippen molar-refractivity contribution in [1.82, 2.24) is 0 Å². The number of ether oxygens (including phenoxy) is 1. The first-order valence-electron chi connectivity index (χ1n) is 13.7. The second-order valence-electron chi connectivity index (χ2n) is 14.5. The summed E-state index contributed by atoms with van der Waals surface area (Å²) in [4.78, 5) is 0. The van der Waals surface area contributed by atoms with Crippen LogP contribution in [-0.2, 0) is 4.74 Å². The molecule has 0 spiro atoms. The lowest BCUT2D eigenvalue weighted by Crippen LogP contribution is -2.63. The molecule has 1 heterocycles. The SMILES string of the molecule is C=C1[C@H](C(C)(C)[C@@H](O)CC#N)CC[C@]2(C)[C@@H]1CC[C@@H]1[C@H]3[C@H]4OC[C@@]3(CCC4(C)C)CC[C@]12C. The van der Waals surface area contributed by atoms with E-state index in [9.17, 15) is 10.4 Å². The van der Waals surface area contributed by atoms with E-state index in [0.29, 0.717) is 34.2 Å². The molecule has 1 N–H and O–H groups in total. The molecule has 5 fully saturated rings. The minimum atomic E-state index is -0.590. The number of fused-ring (bicyclic) bond motifs is 3. The van der Waals surface area contributed by atoms with Gasteiger partial charge in [0, 0.05) is 0 Å². The fourth-order valence-corrected chi connectivity index (χ4v) is 10.2. The molecule has 5 aliphatic rings. The van der Waals surface area contributed by atoms with Crippen molar-refractivity contribution in [1.29, 1.82) is 5.26 Å². The molecule has 3 heteroatoms. The van der Waals surface area contributed by atoms with Gasteiger partial charge in [-0.2, -0.15) is 5.26 Å². The van der Waals surface area contributed by atoms with Crippen molar-refractivity contribution in [2.24, 2.45) is 50.7 Å². The van der Waals surface area contributed by atoms with Crippen molar-refractivity contribution in [3.63, 3.8) is 0 Å². The van der Waals surface area contributed by atoms with Gasteiger partial charge in [0.15, 0.2) is 0 Å². The Hall–Kier alpha value is -0.850. The Morgan fingerprint density at radius 2 is 1.76 bits per heavy atom. The molecule has 0 aromatic carbocycles. The van der Waals surface area contributed by atoms with Gasteiger partial charge in [-0.1, -0.05) is 53.7 Å². The van der Waals surface area contributed by atoms with Crippen LogP contribution in [0.2, 0.25) is 0 Å². The van der Waals surface area contributed by atoms with Crippen molar-refractivity contribution in [2.75, 3.05) is 6.61 Å². The van der Waals surface area contributed by atoms with Crippen LogP contribution in [0.4, 0.5) is 0 Å². The van der Waals surface area contributed by atoms with Crippen molar-refractivity contribution < 1.29 is 9.84 Å². The molecule has 0 unspecified atom stereocenters. The number of aliphatic hydroxyl groups is 1. The van der Waals surface area contributed by atoms with Crippen LogP contribution < -0.4 is 0 Å². The van der Waals surface area contributed by atoms with Gasteiger partial charge in [-0.05, 0) is 102 Å². The monoisotopic (exact) mass is 453 g/mol. The molecular weight excluding hydrogens is 406 g/mol. The maximum atomic E-state index is 10.8. The van der Waals surface area contributed by atoms with E-state index in [-0.39, 0.29) is 17.3 Å². The Morgan fingerprint density at radius 3 is 2.45 bits per heavy atom. The zero-order valence-corrected chi connectivity index (χ0v) is 22.0. The second kappa shape index (κ2) is 7.33. The largest absolute Gasteiger partial charge is 0.391 e. The Kier molecular flexibility index (Phi) is 5.30. The van der Waals surface area contributed by atoms with E-state index in [2.05, 4.69) is 47.6 Å². The summed E-state index contributed by atoms with van der Waals surface area (Å²) in [6.45, 7) is 20.2. The molecule has 5 rings (SSSR count). The number of hydrogen-bond acceptors (Lipinski definition) is 3. The van der Waals surface area contributed by atoms with E-state index in [1.807, 2.05) is 0 Å². The van der Waals surface area contributed by atoms with Crippen molar-refractivity contribution in [3.8, 4) is 6.07 Å². The molecule has 4 saturated carbocycles. The molecule has 1 aliphatic heterocycles. The van der Waals surface area contributed by atoms with Gasteiger partial charge >= 0.3 is 0 Å². The van der Waals surface area contributed by atoms with Crippen LogP contribution in [0, 0.1) is 62.1 Å². The molecule has 2 bridgehead atoms. The molecule has 1 saturated heterocycles. The lowest BCUT2D eigenvalue weighted by Gasteiger charge is -2.69. The third-order valence-electron chi connectivity index (χ3n) is 12.7. The Bertz CT molecular complexity index is 869. The first-order chi connectivity index (χ1) is 15.3. The van der Waals surface area contributed by atoms with Crippen LogP contribution >= 0.6 is 0 Å². The number of nitrogens with zero attached hydrogens (tertiary/aromatic N) is 1. The zero-order valence-electron chi connectivity index (χ0n) is 22.0. The van der Waals surface area contributed by atoms with Gasteiger partial charge in [0.25, 0.3) is 0 Å². The van der Waals surface area contributed by atoms with Gasteiger partial charge in [-0.3, -0.25) is 0 Å². The summed E-state index contributed by atoms with van der Waals surface area (Å²) in [5.74, 6) is 2.29. The highest BCUT2D eigenvalue weighted by Gasteiger charge is 2.70. The number of allylic oxidation sites excluding steroid dienone is 1. The topological polar surface area (TPSA) is 53.2 Å². The van der Waals surface area contributed by atoms with Crippen LogP contribution in [0.1, 0.15) is 99.3 Å². The lowest BCUT2D eigenvalue weighted by atomic mass is 9.35. The summed E-state index contributed by atoms with van der Waals surface area (Å²) in [7, 11) is 0. The molecule has 0 radical (unpaired) electrons. The van der Waals surface area contributed by atoms with E-state index in [1.54, 1.807) is 0 Å². The third kappa shape index (κ3) is 2.99. The molecule has 0 aromatic heterocycles. The number of rotatable bonds is 3. The maximum absolute atomic E-state index is 10.8. The van der Waals surface area contributed by atoms with Crippen LogP contribution in [-0.4, -0.2) is 23.9 Å². The Balaban J connectivity index is 1.46. The zero-order chi connectivity index (χ0) is 24.0.